The highest BCUT2D eigenvalue weighted by atomic mass is 15.2. The monoisotopic (exact) mass is 253 g/mol. The van der Waals surface area contributed by atoms with Gasteiger partial charge in [0.05, 0.1) is 0 Å². The number of hydrogen-bond acceptors (Lipinski definition) is 3. The van der Waals surface area contributed by atoms with Gasteiger partial charge in [0.1, 0.15) is 0 Å². The number of piperidine rings is 1. The van der Waals surface area contributed by atoms with Crippen LogP contribution in [0.5, 0.6) is 0 Å². The lowest BCUT2D eigenvalue weighted by Crippen LogP contribution is -2.42. The molecule has 2 aliphatic heterocycles. The zero-order valence-corrected chi connectivity index (χ0v) is 12.3. The third-order valence-electron chi connectivity index (χ3n) is 4.80. The molecule has 0 spiro atoms. The van der Waals surface area contributed by atoms with E-state index in [0.29, 0.717) is 0 Å². The fraction of sp³-hybridized carbons (Fsp3) is 1.00. The predicted molar refractivity (Wildman–Crippen MR) is 78.0 cm³/mol. The Balaban J connectivity index is 1.71. The fourth-order valence-corrected chi connectivity index (χ4v) is 3.56. The second-order valence-corrected chi connectivity index (χ2v) is 6.06. The Bertz CT molecular complexity index is 232. The Kier molecular flexibility index (Phi) is 5.93. The van der Waals surface area contributed by atoms with Gasteiger partial charge >= 0.3 is 0 Å². The number of likely N-dealkylation sites (N-methyl/N-ethyl adjacent to an activating group) is 1. The lowest BCUT2D eigenvalue weighted by Gasteiger charge is -2.34. The molecular formula is C15H31N3. The normalized spacial score (nSPS) is 31.0. The van der Waals surface area contributed by atoms with Crippen molar-refractivity contribution in [3.05, 3.63) is 0 Å². The molecule has 0 aromatic carbocycles. The average molecular weight is 253 g/mol. The van der Waals surface area contributed by atoms with Crippen molar-refractivity contribution < 1.29 is 0 Å². The number of rotatable bonds is 6. The Hall–Kier alpha value is -0.120. The third kappa shape index (κ3) is 3.94. The number of hydrogen-bond donors (Lipinski definition) is 1. The van der Waals surface area contributed by atoms with E-state index in [-0.39, 0.29) is 0 Å². The fourth-order valence-electron chi connectivity index (χ4n) is 3.56. The maximum atomic E-state index is 3.51. The van der Waals surface area contributed by atoms with E-state index >= 15 is 0 Å². The van der Waals surface area contributed by atoms with Crippen LogP contribution in [0.4, 0.5) is 0 Å². The van der Waals surface area contributed by atoms with Gasteiger partial charge in [-0.25, -0.2) is 0 Å². The summed E-state index contributed by atoms with van der Waals surface area (Å²) in [5.41, 5.74) is 0. The van der Waals surface area contributed by atoms with E-state index < -0.39 is 0 Å². The van der Waals surface area contributed by atoms with Gasteiger partial charge < -0.3 is 10.2 Å². The summed E-state index contributed by atoms with van der Waals surface area (Å²) in [5.74, 6) is 0. The summed E-state index contributed by atoms with van der Waals surface area (Å²) in [5, 5.41) is 3.51. The number of nitrogens with one attached hydrogen (secondary N) is 1. The lowest BCUT2D eigenvalue weighted by atomic mass is 10.00. The Morgan fingerprint density at radius 3 is 2.67 bits per heavy atom. The molecule has 2 atom stereocenters. The van der Waals surface area contributed by atoms with Gasteiger partial charge in [0, 0.05) is 18.6 Å². The van der Waals surface area contributed by atoms with Gasteiger partial charge in [-0.3, -0.25) is 4.90 Å². The van der Waals surface area contributed by atoms with Gasteiger partial charge in [-0.05, 0) is 65.3 Å². The van der Waals surface area contributed by atoms with Crippen LogP contribution in [-0.2, 0) is 0 Å². The zero-order chi connectivity index (χ0) is 12.8. The summed E-state index contributed by atoms with van der Waals surface area (Å²) in [6.07, 6.45) is 8.43. The molecule has 2 aliphatic rings. The van der Waals surface area contributed by atoms with Crippen LogP contribution in [0, 0.1) is 0 Å². The molecule has 0 aromatic rings. The summed E-state index contributed by atoms with van der Waals surface area (Å²) in [6, 6.07) is 1.65. The molecule has 3 heteroatoms. The second kappa shape index (κ2) is 7.46. The first-order valence-corrected chi connectivity index (χ1v) is 7.96. The topological polar surface area (TPSA) is 18.5 Å². The van der Waals surface area contributed by atoms with Crippen LogP contribution in [0.25, 0.3) is 0 Å². The summed E-state index contributed by atoms with van der Waals surface area (Å²) in [7, 11) is 2.31. The van der Waals surface area contributed by atoms with Crippen LogP contribution >= 0.6 is 0 Å². The predicted octanol–water partition coefficient (Wildman–Crippen LogP) is 1.93. The molecule has 2 rings (SSSR count). The van der Waals surface area contributed by atoms with Crippen LogP contribution < -0.4 is 5.32 Å². The van der Waals surface area contributed by atoms with Gasteiger partial charge in [0.2, 0.25) is 0 Å². The lowest BCUT2D eigenvalue weighted by molar-refractivity contribution is 0.149. The van der Waals surface area contributed by atoms with E-state index in [4.69, 9.17) is 0 Å². The van der Waals surface area contributed by atoms with Gasteiger partial charge in [0.15, 0.2) is 0 Å². The first-order valence-electron chi connectivity index (χ1n) is 7.96. The van der Waals surface area contributed by atoms with Crippen molar-refractivity contribution in [1.82, 2.24) is 15.1 Å². The molecule has 106 valence electrons. The third-order valence-corrected chi connectivity index (χ3v) is 4.80. The maximum absolute atomic E-state index is 3.51. The van der Waals surface area contributed by atoms with Crippen molar-refractivity contribution in [1.29, 1.82) is 0 Å². The standard InChI is InChI=1S/C15H31N3/c1-3-16-13-15-8-6-11-18(15)12-9-14-7-4-5-10-17(14)2/h14-16H,3-13H2,1-2H3. The molecule has 2 saturated heterocycles. The molecule has 1 N–H and O–H groups in total. The summed E-state index contributed by atoms with van der Waals surface area (Å²) in [4.78, 5) is 5.31. The molecule has 2 fully saturated rings. The Labute approximate surface area is 113 Å². The minimum Gasteiger partial charge on any atom is -0.315 e. The molecule has 2 heterocycles. The van der Waals surface area contributed by atoms with Crippen molar-refractivity contribution in [3.63, 3.8) is 0 Å². The van der Waals surface area contributed by atoms with Crippen LogP contribution in [0.2, 0.25) is 0 Å². The van der Waals surface area contributed by atoms with Crippen LogP contribution in [0.1, 0.15) is 45.4 Å². The molecular weight excluding hydrogens is 222 g/mol. The summed E-state index contributed by atoms with van der Waals surface area (Å²) < 4.78 is 0. The van der Waals surface area contributed by atoms with Crippen molar-refractivity contribution in [2.75, 3.05) is 39.8 Å². The van der Waals surface area contributed by atoms with Gasteiger partial charge in [-0.15, -0.1) is 0 Å². The van der Waals surface area contributed by atoms with Crippen molar-refractivity contribution in [2.45, 2.75) is 57.5 Å². The first kappa shape index (κ1) is 14.3. The van der Waals surface area contributed by atoms with Crippen molar-refractivity contribution in [3.8, 4) is 0 Å². The minimum absolute atomic E-state index is 0.804. The van der Waals surface area contributed by atoms with E-state index in [1.54, 1.807) is 0 Å². The Morgan fingerprint density at radius 2 is 1.89 bits per heavy atom. The summed E-state index contributed by atoms with van der Waals surface area (Å²) >= 11 is 0. The van der Waals surface area contributed by atoms with E-state index in [2.05, 4.69) is 29.1 Å². The smallest absolute Gasteiger partial charge is 0.0221 e. The zero-order valence-electron chi connectivity index (χ0n) is 12.3. The maximum Gasteiger partial charge on any atom is 0.0221 e. The van der Waals surface area contributed by atoms with E-state index in [1.165, 1.54) is 64.7 Å². The molecule has 0 aliphatic carbocycles. The second-order valence-electron chi connectivity index (χ2n) is 6.06. The molecule has 0 saturated carbocycles. The molecule has 0 amide bonds. The highest BCUT2D eigenvalue weighted by molar-refractivity contribution is 4.83. The molecule has 3 nitrogen and oxygen atoms in total. The van der Waals surface area contributed by atoms with Crippen LogP contribution in [0.3, 0.4) is 0 Å². The quantitative estimate of drug-likeness (QED) is 0.780. The molecule has 0 radical (unpaired) electrons. The highest BCUT2D eigenvalue weighted by Crippen LogP contribution is 2.21. The van der Waals surface area contributed by atoms with Crippen molar-refractivity contribution >= 4 is 0 Å². The van der Waals surface area contributed by atoms with E-state index in [9.17, 15) is 0 Å². The van der Waals surface area contributed by atoms with E-state index in [1.807, 2.05) is 0 Å². The molecule has 0 aromatic heterocycles. The SMILES string of the molecule is CCNCC1CCCN1CCC1CCCCN1C. The number of likely N-dealkylation sites (tertiary alicyclic amines) is 2. The first-order chi connectivity index (χ1) is 8.81. The Morgan fingerprint density at radius 1 is 1.06 bits per heavy atom. The molecule has 2 unspecified atom stereocenters. The van der Waals surface area contributed by atoms with Crippen molar-refractivity contribution in [2.24, 2.45) is 0 Å². The number of nitrogens with zero attached hydrogens (tertiary/aromatic N) is 2. The van der Waals surface area contributed by atoms with Gasteiger partial charge in [-0.2, -0.15) is 0 Å². The largest absolute Gasteiger partial charge is 0.315 e. The highest BCUT2D eigenvalue weighted by Gasteiger charge is 2.25. The van der Waals surface area contributed by atoms with Gasteiger partial charge in [0.25, 0.3) is 0 Å². The minimum atomic E-state index is 0.804. The van der Waals surface area contributed by atoms with Crippen LogP contribution in [0.15, 0.2) is 0 Å². The summed E-state index contributed by atoms with van der Waals surface area (Å²) in [6.45, 7) is 8.45. The van der Waals surface area contributed by atoms with Gasteiger partial charge in [-0.1, -0.05) is 13.3 Å². The average Bonchev–Trinajstić information content (AvgIpc) is 2.83. The van der Waals surface area contributed by atoms with Crippen LogP contribution in [-0.4, -0.2) is 61.7 Å². The van der Waals surface area contributed by atoms with E-state index in [0.717, 1.165) is 18.6 Å². The molecule has 18 heavy (non-hydrogen) atoms. The molecule has 0 bridgehead atoms.